The zero-order valence-corrected chi connectivity index (χ0v) is 6.53. The molecule has 0 amide bonds. The highest BCUT2D eigenvalue weighted by molar-refractivity contribution is 5.04. The van der Waals surface area contributed by atoms with Gasteiger partial charge in [0.15, 0.2) is 12.4 Å². The Morgan fingerprint density at radius 3 is 2.69 bits per heavy atom. The molecule has 3 atom stereocenters. The molecule has 74 valence electrons. The molecular weight excluding hydrogens is 182 g/mol. The van der Waals surface area contributed by atoms with Crippen LogP contribution in [0.15, 0.2) is 12.0 Å². The SMILES string of the molecule is O=[N+]([O-])C1=CO[C@H](CO)[C@@H](O)[C@@H]1O. The molecule has 1 aliphatic heterocycles. The third kappa shape index (κ3) is 1.77. The van der Waals surface area contributed by atoms with Gasteiger partial charge in [-0.3, -0.25) is 10.1 Å². The number of aliphatic hydroxyl groups excluding tert-OH is 3. The van der Waals surface area contributed by atoms with E-state index in [1.54, 1.807) is 0 Å². The summed E-state index contributed by atoms with van der Waals surface area (Å²) in [7, 11) is 0. The molecule has 0 saturated heterocycles. The molecule has 13 heavy (non-hydrogen) atoms. The lowest BCUT2D eigenvalue weighted by Crippen LogP contribution is -2.45. The first kappa shape index (κ1) is 9.90. The van der Waals surface area contributed by atoms with Crippen LogP contribution in [0.5, 0.6) is 0 Å². The average molecular weight is 191 g/mol. The molecule has 0 unspecified atom stereocenters. The van der Waals surface area contributed by atoms with Gasteiger partial charge in [0.05, 0.1) is 11.5 Å². The molecule has 0 fully saturated rings. The molecule has 0 spiro atoms. The van der Waals surface area contributed by atoms with E-state index in [2.05, 4.69) is 4.74 Å². The van der Waals surface area contributed by atoms with Gasteiger partial charge < -0.3 is 20.1 Å². The van der Waals surface area contributed by atoms with Crippen LogP contribution >= 0.6 is 0 Å². The summed E-state index contributed by atoms with van der Waals surface area (Å²) < 4.78 is 4.62. The zero-order chi connectivity index (χ0) is 10.0. The predicted octanol–water partition coefficient (Wildman–Crippen LogP) is -1.78. The van der Waals surface area contributed by atoms with E-state index >= 15 is 0 Å². The minimum absolute atomic E-state index is 0.514. The highest BCUT2D eigenvalue weighted by Gasteiger charge is 2.39. The van der Waals surface area contributed by atoms with Crippen molar-refractivity contribution < 1.29 is 25.0 Å². The Kier molecular flexibility index (Phi) is 2.81. The Bertz CT molecular complexity index is 239. The monoisotopic (exact) mass is 191 g/mol. The summed E-state index contributed by atoms with van der Waals surface area (Å²) in [6.07, 6.45) is -3.38. The Labute approximate surface area is 73.0 Å². The molecule has 1 aliphatic rings. The maximum atomic E-state index is 10.2. The highest BCUT2D eigenvalue weighted by atomic mass is 16.6. The lowest BCUT2D eigenvalue weighted by Gasteiger charge is -2.26. The van der Waals surface area contributed by atoms with Gasteiger partial charge >= 0.3 is 5.70 Å². The fourth-order valence-corrected chi connectivity index (χ4v) is 0.988. The molecule has 7 heteroatoms. The highest BCUT2D eigenvalue weighted by Crippen LogP contribution is 2.18. The number of nitrogens with zero attached hydrogens (tertiary/aromatic N) is 1. The van der Waals surface area contributed by atoms with Crippen molar-refractivity contribution in [1.29, 1.82) is 0 Å². The molecule has 3 N–H and O–H groups in total. The summed E-state index contributed by atoms with van der Waals surface area (Å²) in [5.41, 5.74) is -0.614. The van der Waals surface area contributed by atoms with Crippen molar-refractivity contribution >= 4 is 0 Å². The zero-order valence-electron chi connectivity index (χ0n) is 6.53. The van der Waals surface area contributed by atoms with Crippen LogP contribution in [-0.2, 0) is 4.74 Å². The van der Waals surface area contributed by atoms with Crippen molar-refractivity contribution in [1.82, 2.24) is 0 Å². The van der Waals surface area contributed by atoms with Gasteiger partial charge in [-0.15, -0.1) is 0 Å². The van der Waals surface area contributed by atoms with E-state index in [0.717, 1.165) is 6.26 Å². The van der Waals surface area contributed by atoms with E-state index in [1.807, 2.05) is 0 Å². The second-order valence-corrected chi connectivity index (χ2v) is 2.59. The van der Waals surface area contributed by atoms with E-state index in [9.17, 15) is 15.2 Å². The summed E-state index contributed by atoms with van der Waals surface area (Å²) in [4.78, 5) is 9.38. The number of ether oxygens (including phenoxy) is 1. The number of rotatable bonds is 2. The van der Waals surface area contributed by atoms with E-state index < -0.39 is 35.5 Å². The van der Waals surface area contributed by atoms with E-state index in [1.165, 1.54) is 0 Å². The summed E-state index contributed by atoms with van der Waals surface area (Å²) in [5, 5.41) is 37.2. The van der Waals surface area contributed by atoms with Crippen LogP contribution in [-0.4, -0.2) is 45.2 Å². The van der Waals surface area contributed by atoms with Crippen molar-refractivity contribution in [2.75, 3.05) is 6.61 Å². The normalized spacial score (nSPS) is 33.5. The fraction of sp³-hybridized carbons (Fsp3) is 0.667. The van der Waals surface area contributed by atoms with E-state index in [4.69, 9.17) is 10.2 Å². The van der Waals surface area contributed by atoms with Crippen LogP contribution in [0, 0.1) is 10.1 Å². The summed E-state index contributed by atoms with van der Waals surface area (Å²) in [5.74, 6) is 0. The lowest BCUT2D eigenvalue weighted by molar-refractivity contribution is -0.444. The number of aliphatic hydroxyl groups is 3. The molecular formula is C6H9NO6. The lowest BCUT2D eigenvalue weighted by atomic mass is 10.0. The van der Waals surface area contributed by atoms with Gasteiger partial charge in [-0.05, 0) is 0 Å². The number of hydrogen-bond donors (Lipinski definition) is 3. The van der Waals surface area contributed by atoms with Gasteiger partial charge in [-0.25, -0.2) is 0 Å². The van der Waals surface area contributed by atoms with Crippen LogP contribution in [0.3, 0.4) is 0 Å². The Morgan fingerprint density at radius 2 is 2.23 bits per heavy atom. The van der Waals surface area contributed by atoms with Crippen molar-refractivity contribution in [3.05, 3.63) is 22.1 Å². The molecule has 0 aliphatic carbocycles. The van der Waals surface area contributed by atoms with Gasteiger partial charge in [0.2, 0.25) is 0 Å². The topological polar surface area (TPSA) is 113 Å². The quantitative estimate of drug-likeness (QED) is 0.351. The molecule has 0 aromatic rings. The van der Waals surface area contributed by atoms with Crippen LogP contribution in [0.2, 0.25) is 0 Å². The van der Waals surface area contributed by atoms with Crippen LogP contribution in [0.25, 0.3) is 0 Å². The van der Waals surface area contributed by atoms with Crippen molar-refractivity contribution in [3.8, 4) is 0 Å². The third-order valence-corrected chi connectivity index (χ3v) is 1.76. The predicted molar refractivity (Wildman–Crippen MR) is 39.0 cm³/mol. The van der Waals surface area contributed by atoms with Gasteiger partial charge in [0.1, 0.15) is 12.2 Å². The first-order chi connectivity index (χ1) is 6.07. The van der Waals surface area contributed by atoms with Gasteiger partial charge in [-0.2, -0.15) is 0 Å². The smallest absolute Gasteiger partial charge is 0.311 e. The first-order valence-corrected chi connectivity index (χ1v) is 3.55. The molecule has 0 aromatic heterocycles. The molecule has 0 aromatic carbocycles. The van der Waals surface area contributed by atoms with Gasteiger partial charge in [-0.1, -0.05) is 0 Å². The molecule has 7 nitrogen and oxygen atoms in total. The molecule has 1 rings (SSSR count). The van der Waals surface area contributed by atoms with Crippen molar-refractivity contribution in [2.45, 2.75) is 18.3 Å². The van der Waals surface area contributed by atoms with Crippen LogP contribution < -0.4 is 0 Å². The Balaban J connectivity index is 2.82. The summed E-state index contributed by atoms with van der Waals surface area (Å²) in [6.45, 7) is -0.514. The van der Waals surface area contributed by atoms with Gasteiger partial charge in [0.25, 0.3) is 0 Å². The van der Waals surface area contributed by atoms with E-state index in [0.29, 0.717) is 0 Å². The van der Waals surface area contributed by atoms with Crippen LogP contribution in [0.1, 0.15) is 0 Å². The fourth-order valence-electron chi connectivity index (χ4n) is 0.988. The molecule has 0 bridgehead atoms. The molecule has 1 heterocycles. The summed E-state index contributed by atoms with van der Waals surface area (Å²) >= 11 is 0. The van der Waals surface area contributed by atoms with Crippen molar-refractivity contribution in [2.24, 2.45) is 0 Å². The number of hydrogen-bond acceptors (Lipinski definition) is 6. The standard InChI is InChI=1S/C6H9NO6/c8-1-4-6(10)5(9)3(2-13-4)7(11)12/h2,4-6,8-10H,1H2/t4-,5-,6-/m1/s1. The minimum Gasteiger partial charge on any atom is -0.486 e. The van der Waals surface area contributed by atoms with Crippen LogP contribution in [0.4, 0.5) is 0 Å². The third-order valence-electron chi connectivity index (χ3n) is 1.76. The van der Waals surface area contributed by atoms with E-state index in [-0.39, 0.29) is 0 Å². The largest absolute Gasteiger partial charge is 0.486 e. The maximum Gasteiger partial charge on any atom is 0.311 e. The average Bonchev–Trinajstić information content (AvgIpc) is 2.09. The first-order valence-electron chi connectivity index (χ1n) is 3.55. The Hall–Kier alpha value is -1.18. The second-order valence-electron chi connectivity index (χ2n) is 2.59. The molecule has 0 saturated carbocycles. The minimum atomic E-state index is -1.62. The van der Waals surface area contributed by atoms with Crippen molar-refractivity contribution in [3.63, 3.8) is 0 Å². The summed E-state index contributed by atoms with van der Waals surface area (Å²) in [6, 6.07) is 0. The Morgan fingerprint density at radius 1 is 1.62 bits per heavy atom. The second kappa shape index (κ2) is 3.69. The molecule has 0 radical (unpaired) electrons. The van der Waals surface area contributed by atoms with Gasteiger partial charge in [0, 0.05) is 0 Å². The maximum absolute atomic E-state index is 10.2. The number of nitro groups is 1.